The van der Waals surface area contributed by atoms with Crippen molar-refractivity contribution in [3.63, 3.8) is 0 Å². The maximum Gasteiger partial charge on any atom is 0.271 e. The van der Waals surface area contributed by atoms with Crippen LogP contribution in [0.4, 0.5) is 5.69 Å². The Balaban J connectivity index is 2.27. The molecule has 1 aliphatic rings. The largest absolute Gasteiger partial charge is 0.336 e. The van der Waals surface area contributed by atoms with Crippen LogP contribution in [-0.4, -0.2) is 40.9 Å². The van der Waals surface area contributed by atoms with Gasteiger partial charge in [0.25, 0.3) is 11.6 Å². The molecule has 0 aromatic heterocycles. The van der Waals surface area contributed by atoms with Crippen molar-refractivity contribution in [2.24, 2.45) is 0 Å². The Kier molecular flexibility index (Phi) is 3.96. The van der Waals surface area contributed by atoms with Crippen LogP contribution in [-0.2, 0) is 0 Å². The van der Waals surface area contributed by atoms with E-state index in [4.69, 9.17) is 11.6 Å². The number of hydrogen-bond acceptors (Lipinski definition) is 4. The van der Waals surface area contributed by atoms with Gasteiger partial charge in [-0.05, 0) is 19.9 Å². The minimum Gasteiger partial charge on any atom is -0.336 e. The first-order valence-electron chi connectivity index (χ1n) is 6.28. The van der Waals surface area contributed by atoms with E-state index in [0.29, 0.717) is 19.6 Å². The predicted octanol–water partition coefficient (Wildman–Crippen LogP) is 2.07. The standard InChI is InChI=1S/C13H16ClN3O3/c1-13(2)8-16(4-3-15-13)12(18)9-5-10(14)7-11(6-9)17(19)20/h5-7,15H,3-4,8H2,1-2H3. The zero-order valence-electron chi connectivity index (χ0n) is 11.4. The first-order valence-corrected chi connectivity index (χ1v) is 6.66. The molecular weight excluding hydrogens is 282 g/mol. The van der Waals surface area contributed by atoms with Gasteiger partial charge in [0.15, 0.2) is 0 Å². The fourth-order valence-corrected chi connectivity index (χ4v) is 2.53. The predicted molar refractivity (Wildman–Crippen MR) is 76.1 cm³/mol. The van der Waals surface area contributed by atoms with E-state index in [1.807, 2.05) is 13.8 Å². The Bertz CT molecular complexity index is 560. The van der Waals surface area contributed by atoms with Gasteiger partial charge in [-0.3, -0.25) is 14.9 Å². The Morgan fingerprint density at radius 1 is 1.45 bits per heavy atom. The molecular formula is C13H16ClN3O3. The molecule has 0 aliphatic carbocycles. The zero-order valence-corrected chi connectivity index (χ0v) is 12.1. The van der Waals surface area contributed by atoms with Gasteiger partial charge >= 0.3 is 0 Å². The number of halogens is 1. The third kappa shape index (κ3) is 3.26. The molecule has 0 atom stereocenters. The van der Waals surface area contributed by atoms with Crippen LogP contribution < -0.4 is 5.32 Å². The molecule has 1 aromatic rings. The Hall–Kier alpha value is -1.66. The highest BCUT2D eigenvalue weighted by Crippen LogP contribution is 2.23. The number of nitro benzene ring substituents is 1. The quantitative estimate of drug-likeness (QED) is 0.670. The third-order valence-corrected chi connectivity index (χ3v) is 3.42. The second-order valence-corrected chi connectivity index (χ2v) is 5.93. The fraction of sp³-hybridized carbons (Fsp3) is 0.462. The summed E-state index contributed by atoms with van der Waals surface area (Å²) in [5.74, 6) is -0.231. The number of rotatable bonds is 2. The molecule has 1 aliphatic heterocycles. The molecule has 6 nitrogen and oxygen atoms in total. The van der Waals surface area contributed by atoms with Crippen LogP contribution in [0.25, 0.3) is 0 Å². The van der Waals surface area contributed by atoms with Gasteiger partial charge in [-0.25, -0.2) is 0 Å². The normalized spacial score (nSPS) is 17.9. The van der Waals surface area contributed by atoms with Crippen LogP contribution in [0.3, 0.4) is 0 Å². The lowest BCUT2D eigenvalue weighted by atomic mass is 10.0. The van der Waals surface area contributed by atoms with E-state index in [-0.39, 0.29) is 27.7 Å². The molecule has 7 heteroatoms. The van der Waals surface area contributed by atoms with Crippen molar-refractivity contribution in [3.8, 4) is 0 Å². The summed E-state index contributed by atoms with van der Waals surface area (Å²) in [6.45, 7) is 5.83. The number of nitrogens with zero attached hydrogens (tertiary/aromatic N) is 2. The second kappa shape index (κ2) is 5.38. The summed E-state index contributed by atoms with van der Waals surface area (Å²) in [7, 11) is 0. The van der Waals surface area contributed by atoms with Crippen LogP contribution in [0.15, 0.2) is 18.2 Å². The molecule has 108 valence electrons. The Morgan fingerprint density at radius 2 is 2.15 bits per heavy atom. The summed E-state index contributed by atoms with van der Waals surface area (Å²) in [5.41, 5.74) is -0.0875. The molecule has 0 bridgehead atoms. The van der Waals surface area contributed by atoms with Crippen molar-refractivity contribution in [2.45, 2.75) is 19.4 Å². The first-order chi connectivity index (χ1) is 9.28. The number of non-ortho nitro benzene ring substituents is 1. The highest BCUT2D eigenvalue weighted by atomic mass is 35.5. The average molecular weight is 298 g/mol. The van der Waals surface area contributed by atoms with Crippen molar-refractivity contribution in [2.75, 3.05) is 19.6 Å². The van der Waals surface area contributed by atoms with Crippen molar-refractivity contribution < 1.29 is 9.72 Å². The lowest BCUT2D eigenvalue weighted by Crippen LogP contribution is -2.58. The Labute approximate surface area is 121 Å². The van der Waals surface area contributed by atoms with Gasteiger partial charge in [-0.15, -0.1) is 0 Å². The molecule has 1 saturated heterocycles. The van der Waals surface area contributed by atoms with Gasteiger partial charge in [0.05, 0.1) is 4.92 Å². The first kappa shape index (κ1) is 14.7. The van der Waals surface area contributed by atoms with Crippen molar-refractivity contribution in [1.82, 2.24) is 10.2 Å². The number of amides is 1. The minimum absolute atomic E-state index is 0.168. The van der Waals surface area contributed by atoms with Crippen LogP contribution in [0, 0.1) is 10.1 Å². The second-order valence-electron chi connectivity index (χ2n) is 5.49. The molecule has 1 fully saturated rings. The summed E-state index contributed by atoms with van der Waals surface area (Å²) in [6, 6.07) is 3.97. The number of benzene rings is 1. The summed E-state index contributed by atoms with van der Waals surface area (Å²) in [6.07, 6.45) is 0. The molecule has 0 radical (unpaired) electrons. The van der Waals surface area contributed by atoms with Gasteiger partial charge in [-0.2, -0.15) is 0 Å². The fourth-order valence-electron chi connectivity index (χ4n) is 2.30. The maximum atomic E-state index is 12.4. The molecule has 0 unspecified atom stereocenters. The van der Waals surface area contributed by atoms with Gasteiger partial charge in [-0.1, -0.05) is 11.6 Å². The lowest BCUT2D eigenvalue weighted by molar-refractivity contribution is -0.384. The molecule has 20 heavy (non-hydrogen) atoms. The molecule has 1 heterocycles. The molecule has 1 aromatic carbocycles. The van der Waals surface area contributed by atoms with Crippen molar-refractivity contribution in [1.29, 1.82) is 0 Å². The topological polar surface area (TPSA) is 75.5 Å². The van der Waals surface area contributed by atoms with E-state index in [2.05, 4.69) is 5.32 Å². The molecule has 0 saturated carbocycles. The number of piperazine rings is 1. The van der Waals surface area contributed by atoms with Crippen LogP contribution in [0.5, 0.6) is 0 Å². The van der Waals surface area contributed by atoms with E-state index in [1.165, 1.54) is 18.2 Å². The van der Waals surface area contributed by atoms with Crippen molar-refractivity contribution >= 4 is 23.2 Å². The number of carbonyl (C=O) groups is 1. The third-order valence-electron chi connectivity index (χ3n) is 3.20. The van der Waals surface area contributed by atoms with E-state index in [0.717, 1.165) is 0 Å². The zero-order chi connectivity index (χ0) is 14.9. The maximum absolute atomic E-state index is 12.4. The average Bonchev–Trinajstić information content (AvgIpc) is 2.35. The summed E-state index contributed by atoms with van der Waals surface area (Å²) >= 11 is 5.85. The summed E-state index contributed by atoms with van der Waals surface area (Å²) < 4.78 is 0. The highest BCUT2D eigenvalue weighted by Gasteiger charge is 2.29. The minimum atomic E-state index is -0.551. The van der Waals surface area contributed by atoms with E-state index in [9.17, 15) is 14.9 Å². The summed E-state index contributed by atoms with van der Waals surface area (Å²) in [4.78, 5) is 24.4. The SMILES string of the molecule is CC1(C)CN(C(=O)c2cc(Cl)cc([N+](=O)[O-])c2)CCN1. The highest BCUT2D eigenvalue weighted by molar-refractivity contribution is 6.31. The molecule has 2 rings (SSSR count). The van der Waals surface area contributed by atoms with Gasteiger partial charge < -0.3 is 10.2 Å². The van der Waals surface area contributed by atoms with Crippen LogP contribution in [0.2, 0.25) is 5.02 Å². The smallest absolute Gasteiger partial charge is 0.271 e. The summed E-state index contributed by atoms with van der Waals surface area (Å²) in [5, 5.41) is 14.3. The molecule has 1 amide bonds. The number of hydrogen-bond donors (Lipinski definition) is 1. The van der Waals surface area contributed by atoms with E-state index in [1.54, 1.807) is 4.90 Å². The van der Waals surface area contributed by atoms with Crippen molar-refractivity contribution in [3.05, 3.63) is 38.9 Å². The molecule has 0 spiro atoms. The number of nitrogens with one attached hydrogen (secondary N) is 1. The van der Waals surface area contributed by atoms with E-state index < -0.39 is 4.92 Å². The van der Waals surface area contributed by atoms with Gasteiger partial charge in [0.2, 0.25) is 0 Å². The molecule has 1 N–H and O–H groups in total. The van der Waals surface area contributed by atoms with Gasteiger partial charge in [0.1, 0.15) is 0 Å². The van der Waals surface area contributed by atoms with Crippen LogP contribution >= 0.6 is 11.6 Å². The monoisotopic (exact) mass is 297 g/mol. The lowest BCUT2D eigenvalue weighted by Gasteiger charge is -2.39. The van der Waals surface area contributed by atoms with Gasteiger partial charge in [0, 0.05) is 47.9 Å². The van der Waals surface area contributed by atoms with Crippen LogP contribution in [0.1, 0.15) is 24.2 Å². The van der Waals surface area contributed by atoms with E-state index >= 15 is 0 Å². The number of nitro groups is 1. The number of carbonyl (C=O) groups excluding carboxylic acids is 1. The Morgan fingerprint density at radius 3 is 2.75 bits per heavy atom.